The summed E-state index contributed by atoms with van der Waals surface area (Å²) in [5.41, 5.74) is 2.53. The van der Waals surface area contributed by atoms with E-state index in [0.29, 0.717) is 18.7 Å². The van der Waals surface area contributed by atoms with Gasteiger partial charge in [-0.15, -0.1) is 0 Å². The Morgan fingerprint density at radius 3 is 2.47 bits per heavy atom. The van der Waals surface area contributed by atoms with Crippen LogP contribution in [0.15, 0.2) is 54.6 Å². The number of nitrogens with one attached hydrogen (secondary N) is 2. The monoisotopic (exact) mass is 459 g/mol. The lowest BCUT2D eigenvalue weighted by atomic mass is 10.0. The van der Waals surface area contributed by atoms with Crippen molar-refractivity contribution in [3.05, 3.63) is 65.7 Å². The van der Waals surface area contributed by atoms with Crippen molar-refractivity contribution in [3.8, 4) is 0 Å². The molecule has 3 rings (SSSR count). The molecule has 32 heavy (non-hydrogen) atoms. The van der Waals surface area contributed by atoms with E-state index >= 15 is 0 Å². The highest BCUT2D eigenvalue weighted by Crippen LogP contribution is 2.29. The highest BCUT2D eigenvalue weighted by molar-refractivity contribution is 7.92. The molecule has 0 bridgehead atoms. The van der Waals surface area contributed by atoms with E-state index in [-0.39, 0.29) is 24.8 Å². The maximum absolute atomic E-state index is 12.8. The number of para-hydroxylation sites is 1. The second-order valence-electron chi connectivity index (χ2n) is 7.99. The van der Waals surface area contributed by atoms with E-state index in [2.05, 4.69) is 10.6 Å². The van der Waals surface area contributed by atoms with Gasteiger partial charge in [0, 0.05) is 13.1 Å². The van der Waals surface area contributed by atoms with Crippen LogP contribution in [-0.4, -0.2) is 45.3 Å². The van der Waals surface area contributed by atoms with Crippen LogP contribution < -0.4 is 14.9 Å². The van der Waals surface area contributed by atoms with Gasteiger partial charge in [0.25, 0.3) is 0 Å². The summed E-state index contributed by atoms with van der Waals surface area (Å²) in [7, 11) is -3.57. The Labute approximate surface area is 189 Å². The van der Waals surface area contributed by atoms with E-state index in [9.17, 15) is 18.0 Å². The van der Waals surface area contributed by atoms with Crippen molar-refractivity contribution in [2.24, 2.45) is 5.92 Å². The first-order valence-corrected chi connectivity index (χ1v) is 12.2. The summed E-state index contributed by atoms with van der Waals surface area (Å²) in [6.07, 6.45) is -0.0318. The van der Waals surface area contributed by atoms with Gasteiger partial charge in [0.2, 0.25) is 15.9 Å². The minimum absolute atomic E-state index is 0.0518. The van der Waals surface area contributed by atoms with Crippen molar-refractivity contribution in [2.45, 2.75) is 32.9 Å². The van der Waals surface area contributed by atoms with Crippen LogP contribution in [0, 0.1) is 5.92 Å². The van der Waals surface area contributed by atoms with E-state index in [1.54, 1.807) is 19.9 Å². The highest BCUT2D eigenvalue weighted by Gasteiger charge is 2.30. The Hall–Kier alpha value is -3.07. The number of ether oxygens (including phenoxy) is 1. The number of amides is 2. The predicted molar refractivity (Wildman–Crippen MR) is 123 cm³/mol. The molecule has 0 fully saturated rings. The van der Waals surface area contributed by atoms with Gasteiger partial charge in [-0.25, -0.2) is 13.2 Å². The molecule has 172 valence electrons. The number of alkyl carbamates (subject to hydrolysis) is 1. The average Bonchev–Trinajstić information content (AvgIpc) is 3.21. The number of hydrogen-bond donors (Lipinski definition) is 2. The molecule has 2 aromatic rings. The lowest BCUT2D eigenvalue weighted by Crippen LogP contribution is -2.50. The number of nitrogens with zero attached hydrogens (tertiary/aromatic N) is 1. The second-order valence-corrected chi connectivity index (χ2v) is 10.00. The van der Waals surface area contributed by atoms with Crippen molar-refractivity contribution in [1.82, 2.24) is 10.6 Å². The van der Waals surface area contributed by atoms with Gasteiger partial charge in [-0.1, -0.05) is 62.4 Å². The third-order valence-corrected chi connectivity index (χ3v) is 7.05. The maximum atomic E-state index is 12.8. The maximum Gasteiger partial charge on any atom is 0.408 e. The smallest absolute Gasteiger partial charge is 0.408 e. The first-order chi connectivity index (χ1) is 15.3. The van der Waals surface area contributed by atoms with Crippen LogP contribution in [-0.2, 0) is 32.6 Å². The summed E-state index contributed by atoms with van der Waals surface area (Å²) in [4.78, 5) is 24.8. The molecule has 0 saturated heterocycles. The van der Waals surface area contributed by atoms with Gasteiger partial charge in [-0.2, -0.15) is 0 Å². The fourth-order valence-corrected chi connectivity index (χ4v) is 4.97. The Kier molecular flexibility index (Phi) is 7.74. The number of carbonyl (C=O) groups is 2. The van der Waals surface area contributed by atoms with Gasteiger partial charge >= 0.3 is 6.09 Å². The number of rotatable bonds is 9. The minimum atomic E-state index is -3.57. The SMILES string of the molecule is CC(C)[C@H](NC(=O)OCc1ccccc1)C(=O)NCCS(=O)(=O)N1CCc2ccccc21. The summed E-state index contributed by atoms with van der Waals surface area (Å²) >= 11 is 0. The third-order valence-electron chi connectivity index (χ3n) is 5.27. The van der Waals surface area contributed by atoms with Crippen molar-refractivity contribution < 1.29 is 22.7 Å². The molecule has 0 spiro atoms. The van der Waals surface area contributed by atoms with Crippen LogP contribution in [0.5, 0.6) is 0 Å². The molecule has 1 atom stereocenters. The average molecular weight is 460 g/mol. The van der Waals surface area contributed by atoms with Gasteiger partial charge in [0.15, 0.2) is 0 Å². The Morgan fingerprint density at radius 1 is 1.06 bits per heavy atom. The summed E-state index contributed by atoms with van der Waals surface area (Å²) in [5.74, 6) is -0.883. The lowest BCUT2D eigenvalue weighted by molar-refractivity contribution is -0.123. The summed E-state index contributed by atoms with van der Waals surface area (Å²) in [6, 6.07) is 15.8. The topological polar surface area (TPSA) is 105 Å². The fraction of sp³-hybridized carbons (Fsp3) is 0.391. The first-order valence-electron chi connectivity index (χ1n) is 10.6. The van der Waals surface area contributed by atoms with Gasteiger partial charge < -0.3 is 15.4 Å². The third kappa shape index (κ3) is 6.00. The van der Waals surface area contributed by atoms with Crippen LogP contribution in [0.3, 0.4) is 0 Å². The van der Waals surface area contributed by atoms with Gasteiger partial charge in [-0.05, 0) is 29.5 Å². The number of anilines is 1. The first kappa shape index (κ1) is 23.6. The van der Waals surface area contributed by atoms with Crippen molar-refractivity contribution >= 4 is 27.7 Å². The highest BCUT2D eigenvalue weighted by atomic mass is 32.2. The molecule has 9 heteroatoms. The van der Waals surface area contributed by atoms with E-state index in [1.807, 2.05) is 48.5 Å². The molecule has 2 aromatic carbocycles. The zero-order chi connectivity index (χ0) is 23.1. The summed E-state index contributed by atoms with van der Waals surface area (Å²) in [5, 5.41) is 5.20. The molecule has 1 aliphatic heterocycles. The summed E-state index contributed by atoms with van der Waals surface area (Å²) < 4.78 is 32.1. The van der Waals surface area contributed by atoms with Gasteiger partial charge in [0.05, 0.1) is 11.4 Å². The molecule has 0 radical (unpaired) electrons. The zero-order valence-electron chi connectivity index (χ0n) is 18.3. The van der Waals surface area contributed by atoms with Crippen LogP contribution in [0.1, 0.15) is 25.0 Å². The Balaban J connectivity index is 1.50. The molecule has 2 N–H and O–H groups in total. The van der Waals surface area contributed by atoms with E-state index in [4.69, 9.17) is 4.74 Å². The molecule has 0 aliphatic carbocycles. The molecule has 0 aromatic heterocycles. The van der Waals surface area contributed by atoms with Crippen LogP contribution in [0.25, 0.3) is 0 Å². The van der Waals surface area contributed by atoms with Crippen molar-refractivity contribution in [2.75, 3.05) is 23.1 Å². The molecule has 1 heterocycles. The van der Waals surface area contributed by atoms with Crippen LogP contribution in [0.4, 0.5) is 10.5 Å². The quantitative estimate of drug-likeness (QED) is 0.599. The van der Waals surface area contributed by atoms with Crippen molar-refractivity contribution in [3.63, 3.8) is 0 Å². The van der Waals surface area contributed by atoms with E-state index in [0.717, 1.165) is 11.1 Å². The fourth-order valence-electron chi connectivity index (χ4n) is 3.55. The largest absolute Gasteiger partial charge is 0.445 e. The van der Waals surface area contributed by atoms with Crippen molar-refractivity contribution in [1.29, 1.82) is 0 Å². The zero-order valence-corrected chi connectivity index (χ0v) is 19.1. The van der Waals surface area contributed by atoms with Crippen LogP contribution >= 0.6 is 0 Å². The standard InChI is InChI=1S/C23H29N3O5S/c1-17(2)21(25-23(28)31-16-18-8-4-3-5-9-18)22(27)24-13-15-32(29,30)26-14-12-19-10-6-7-11-20(19)26/h3-11,17,21H,12-16H2,1-2H3,(H,24,27)(H,25,28)/t21-/m0/s1. The van der Waals surface area contributed by atoms with Gasteiger partial charge in [-0.3, -0.25) is 9.10 Å². The summed E-state index contributed by atoms with van der Waals surface area (Å²) in [6.45, 7) is 4.02. The number of fused-ring (bicyclic) bond motifs is 1. The molecule has 8 nitrogen and oxygen atoms in total. The van der Waals surface area contributed by atoms with E-state index < -0.39 is 28.1 Å². The Bertz CT molecular complexity index is 1040. The molecular formula is C23H29N3O5S. The van der Waals surface area contributed by atoms with E-state index in [1.165, 1.54) is 4.31 Å². The number of benzene rings is 2. The molecule has 1 aliphatic rings. The normalized spacial score (nSPS) is 14.0. The van der Waals surface area contributed by atoms with Crippen LogP contribution in [0.2, 0.25) is 0 Å². The number of sulfonamides is 1. The molecule has 0 saturated carbocycles. The minimum Gasteiger partial charge on any atom is -0.445 e. The second kappa shape index (κ2) is 10.5. The van der Waals surface area contributed by atoms with Gasteiger partial charge in [0.1, 0.15) is 12.6 Å². The number of carbonyl (C=O) groups excluding carboxylic acids is 2. The molecule has 0 unspecified atom stereocenters. The number of hydrogen-bond acceptors (Lipinski definition) is 5. The lowest BCUT2D eigenvalue weighted by Gasteiger charge is -2.22. The molecule has 2 amide bonds. The predicted octanol–water partition coefficient (Wildman–Crippen LogP) is 2.45. The molecular weight excluding hydrogens is 430 g/mol. The Morgan fingerprint density at radius 2 is 1.75 bits per heavy atom.